The maximum Gasteiger partial charge on any atom is 0.277 e. The van der Waals surface area contributed by atoms with Crippen molar-refractivity contribution in [2.24, 2.45) is 7.05 Å². The summed E-state index contributed by atoms with van der Waals surface area (Å²) in [6.07, 6.45) is 1.50. The van der Waals surface area contributed by atoms with Crippen LogP contribution in [-0.4, -0.2) is 33.9 Å². The van der Waals surface area contributed by atoms with Crippen molar-refractivity contribution in [3.8, 4) is 5.75 Å². The molecule has 8 heteroatoms. The van der Waals surface area contributed by atoms with Gasteiger partial charge >= 0.3 is 0 Å². The van der Waals surface area contributed by atoms with E-state index in [1.807, 2.05) is 0 Å². The Morgan fingerprint density at radius 1 is 1.29 bits per heavy atom. The molecule has 0 aliphatic rings. The lowest BCUT2D eigenvalue weighted by atomic mass is 10.2. The number of carbonyl (C=O) groups excluding carboxylic acids is 2. The van der Waals surface area contributed by atoms with Crippen LogP contribution >= 0.6 is 0 Å². The molecular formula is C13H15N5O3. The Morgan fingerprint density at radius 2 is 2.05 bits per heavy atom. The topological polar surface area (TPSA) is 98.1 Å². The first-order valence-electron chi connectivity index (χ1n) is 6.13. The zero-order chi connectivity index (χ0) is 15.4. The smallest absolute Gasteiger partial charge is 0.277 e. The van der Waals surface area contributed by atoms with Crippen molar-refractivity contribution < 1.29 is 14.3 Å². The van der Waals surface area contributed by atoms with Crippen molar-refractivity contribution in [1.29, 1.82) is 0 Å². The average Bonchev–Trinajstić information content (AvgIpc) is 2.85. The third-order valence-electron chi connectivity index (χ3n) is 2.60. The molecule has 1 heterocycles. The second-order valence-corrected chi connectivity index (χ2v) is 4.33. The number of methoxy groups -OCH3 is 1. The summed E-state index contributed by atoms with van der Waals surface area (Å²) < 4.78 is 6.61. The van der Waals surface area contributed by atoms with Gasteiger partial charge in [-0.1, -0.05) is 5.21 Å². The van der Waals surface area contributed by atoms with Gasteiger partial charge in [-0.25, -0.2) is 0 Å². The van der Waals surface area contributed by atoms with Crippen molar-refractivity contribution in [1.82, 2.24) is 15.0 Å². The van der Waals surface area contributed by atoms with Crippen LogP contribution in [0.1, 0.15) is 17.4 Å². The van der Waals surface area contributed by atoms with Crippen LogP contribution in [-0.2, 0) is 11.8 Å². The number of amides is 2. The lowest BCUT2D eigenvalue weighted by Crippen LogP contribution is -2.14. The second kappa shape index (κ2) is 6.04. The van der Waals surface area contributed by atoms with Crippen LogP contribution in [0.2, 0.25) is 0 Å². The van der Waals surface area contributed by atoms with E-state index in [2.05, 4.69) is 20.9 Å². The number of anilines is 2. The molecule has 1 aromatic carbocycles. The monoisotopic (exact) mass is 289 g/mol. The van der Waals surface area contributed by atoms with Crippen molar-refractivity contribution >= 4 is 23.2 Å². The molecule has 0 atom stereocenters. The highest BCUT2D eigenvalue weighted by Crippen LogP contribution is 2.28. The summed E-state index contributed by atoms with van der Waals surface area (Å²) in [4.78, 5) is 23.1. The lowest BCUT2D eigenvalue weighted by Gasteiger charge is -2.11. The molecule has 2 N–H and O–H groups in total. The predicted octanol–water partition coefficient (Wildman–Crippen LogP) is 1.03. The molecule has 0 aliphatic heterocycles. The molecule has 2 amide bonds. The quantitative estimate of drug-likeness (QED) is 0.876. The van der Waals surface area contributed by atoms with Gasteiger partial charge in [0.1, 0.15) is 5.75 Å². The zero-order valence-corrected chi connectivity index (χ0v) is 11.9. The van der Waals surface area contributed by atoms with E-state index in [-0.39, 0.29) is 11.6 Å². The van der Waals surface area contributed by atoms with Gasteiger partial charge in [0.25, 0.3) is 5.91 Å². The first-order valence-corrected chi connectivity index (χ1v) is 6.13. The number of nitrogens with one attached hydrogen (secondary N) is 2. The number of aromatic nitrogens is 3. The highest BCUT2D eigenvalue weighted by molar-refractivity contribution is 6.04. The van der Waals surface area contributed by atoms with Crippen LogP contribution in [0.25, 0.3) is 0 Å². The third kappa shape index (κ3) is 3.56. The number of hydrogen-bond acceptors (Lipinski definition) is 5. The van der Waals surface area contributed by atoms with Gasteiger partial charge in [0.15, 0.2) is 5.69 Å². The number of benzene rings is 1. The molecule has 0 spiro atoms. The summed E-state index contributed by atoms with van der Waals surface area (Å²) in [5.41, 5.74) is 1.17. The molecule has 21 heavy (non-hydrogen) atoms. The Hall–Kier alpha value is -2.90. The number of carbonyl (C=O) groups is 2. The average molecular weight is 289 g/mol. The summed E-state index contributed by atoms with van der Waals surface area (Å²) in [5, 5.41) is 12.7. The molecule has 0 fully saturated rings. The Morgan fingerprint density at radius 3 is 2.62 bits per heavy atom. The molecular weight excluding hydrogens is 274 g/mol. The van der Waals surface area contributed by atoms with Crippen molar-refractivity contribution in [2.45, 2.75) is 6.92 Å². The second-order valence-electron chi connectivity index (χ2n) is 4.33. The summed E-state index contributed by atoms with van der Waals surface area (Å²) in [6.45, 7) is 1.40. The number of hydrogen-bond donors (Lipinski definition) is 2. The van der Waals surface area contributed by atoms with Gasteiger partial charge in [-0.15, -0.1) is 5.10 Å². The fraction of sp³-hybridized carbons (Fsp3) is 0.231. The molecule has 110 valence electrons. The predicted molar refractivity (Wildman–Crippen MR) is 76.3 cm³/mol. The van der Waals surface area contributed by atoms with E-state index < -0.39 is 5.91 Å². The molecule has 2 aromatic rings. The van der Waals surface area contributed by atoms with Crippen LogP contribution in [0.5, 0.6) is 5.75 Å². The number of aryl methyl sites for hydroxylation is 1. The van der Waals surface area contributed by atoms with Crippen LogP contribution in [0.3, 0.4) is 0 Å². The number of rotatable bonds is 4. The van der Waals surface area contributed by atoms with Gasteiger partial charge in [-0.3, -0.25) is 14.3 Å². The van der Waals surface area contributed by atoms with Gasteiger partial charge in [0, 0.05) is 19.7 Å². The van der Waals surface area contributed by atoms with E-state index in [4.69, 9.17) is 4.74 Å². The van der Waals surface area contributed by atoms with E-state index in [9.17, 15) is 9.59 Å². The van der Waals surface area contributed by atoms with Crippen molar-refractivity contribution in [3.63, 3.8) is 0 Å². The molecule has 8 nitrogen and oxygen atoms in total. The Balaban J connectivity index is 2.24. The SMILES string of the molecule is COc1ccc(NC(C)=O)cc1NC(=O)c1cn(C)nn1. The molecule has 0 bridgehead atoms. The third-order valence-corrected chi connectivity index (χ3v) is 2.60. The van der Waals surface area contributed by atoms with Crippen molar-refractivity contribution in [3.05, 3.63) is 30.1 Å². The minimum Gasteiger partial charge on any atom is -0.495 e. The van der Waals surface area contributed by atoms with Crippen LogP contribution < -0.4 is 15.4 Å². The van der Waals surface area contributed by atoms with Gasteiger partial charge < -0.3 is 15.4 Å². The standard InChI is InChI=1S/C13H15N5O3/c1-8(19)14-9-4-5-12(21-3)10(6-9)15-13(20)11-7-18(2)17-16-11/h4-7H,1-3H3,(H,14,19)(H,15,20). The maximum atomic E-state index is 12.1. The molecule has 2 rings (SSSR count). The molecule has 1 aromatic heterocycles. The van der Waals surface area contributed by atoms with Gasteiger partial charge in [-0.05, 0) is 18.2 Å². The van der Waals surface area contributed by atoms with Gasteiger partial charge in [0.05, 0.1) is 19.0 Å². The van der Waals surface area contributed by atoms with Crippen LogP contribution in [0.15, 0.2) is 24.4 Å². The normalized spacial score (nSPS) is 10.0. The molecule has 0 radical (unpaired) electrons. The van der Waals surface area contributed by atoms with E-state index in [1.165, 1.54) is 24.9 Å². The van der Waals surface area contributed by atoms with Crippen molar-refractivity contribution in [2.75, 3.05) is 17.7 Å². The van der Waals surface area contributed by atoms with E-state index in [1.54, 1.807) is 25.2 Å². The molecule has 0 saturated heterocycles. The number of nitrogens with zero attached hydrogens (tertiary/aromatic N) is 3. The van der Waals surface area contributed by atoms with E-state index in [0.717, 1.165) is 0 Å². The fourth-order valence-electron chi connectivity index (χ4n) is 1.72. The Kier molecular flexibility index (Phi) is 4.17. The van der Waals surface area contributed by atoms with Crippen LogP contribution in [0.4, 0.5) is 11.4 Å². The molecule has 0 unspecified atom stereocenters. The highest BCUT2D eigenvalue weighted by Gasteiger charge is 2.13. The number of ether oxygens (including phenoxy) is 1. The minimum atomic E-state index is -0.415. The first-order chi connectivity index (χ1) is 9.99. The van der Waals surface area contributed by atoms with Gasteiger partial charge in [0.2, 0.25) is 5.91 Å². The first kappa shape index (κ1) is 14.5. The molecule has 0 aliphatic carbocycles. The Bertz CT molecular complexity index is 680. The van der Waals surface area contributed by atoms with E-state index >= 15 is 0 Å². The fourth-order valence-corrected chi connectivity index (χ4v) is 1.72. The summed E-state index contributed by atoms with van der Waals surface area (Å²) in [7, 11) is 3.16. The zero-order valence-electron chi connectivity index (χ0n) is 11.9. The summed E-state index contributed by atoms with van der Waals surface area (Å²) in [5.74, 6) is -0.144. The summed E-state index contributed by atoms with van der Waals surface area (Å²) >= 11 is 0. The maximum absolute atomic E-state index is 12.1. The Labute approximate surface area is 121 Å². The van der Waals surface area contributed by atoms with Crippen LogP contribution in [0, 0.1) is 0 Å². The van der Waals surface area contributed by atoms with Gasteiger partial charge in [-0.2, -0.15) is 0 Å². The molecule has 0 saturated carbocycles. The minimum absolute atomic E-state index is 0.185. The lowest BCUT2D eigenvalue weighted by molar-refractivity contribution is -0.114. The van der Waals surface area contributed by atoms with E-state index in [0.29, 0.717) is 17.1 Å². The summed E-state index contributed by atoms with van der Waals surface area (Å²) in [6, 6.07) is 4.93. The largest absolute Gasteiger partial charge is 0.495 e. The highest BCUT2D eigenvalue weighted by atomic mass is 16.5.